The standard InChI is InChI=1S/C14H13ClO3S/c1-8-7-19-14(12(8)15)13(16)9-4-10(17-2)6-11(5-9)18-3/h4-7H,1-3H3. The van der Waals surface area contributed by atoms with Crippen LogP contribution in [0.5, 0.6) is 11.5 Å². The fourth-order valence-electron chi connectivity index (χ4n) is 1.65. The molecule has 5 heteroatoms. The van der Waals surface area contributed by atoms with Gasteiger partial charge in [-0.25, -0.2) is 0 Å². The van der Waals surface area contributed by atoms with Crippen LogP contribution in [0, 0.1) is 6.92 Å². The number of halogens is 1. The Morgan fingerprint density at radius 3 is 2.16 bits per heavy atom. The number of benzene rings is 1. The summed E-state index contributed by atoms with van der Waals surface area (Å²) in [7, 11) is 3.09. The first kappa shape index (κ1) is 13.9. The summed E-state index contributed by atoms with van der Waals surface area (Å²) in [5.41, 5.74) is 1.41. The van der Waals surface area contributed by atoms with E-state index in [1.165, 1.54) is 11.3 Å². The van der Waals surface area contributed by atoms with E-state index in [2.05, 4.69) is 0 Å². The summed E-state index contributed by atoms with van der Waals surface area (Å²) in [5, 5.41) is 2.38. The third-order valence-electron chi connectivity index (χ3n) is 2.72. The van der Waals surface area contributed by atoms with Crippen molar-refractivity contribution in [3.8, 4) is 11.5 Å². The van der Waals surface area contributed by atoms with E-state index in [0.29, 0.717) is 27.0 Å². The molecule has 1 heterocycles. The monoisotopic (exact) mass is 296 g/mol. The van der Waals surface area contributed by atoms with Gasteiger partial charge in [0.2, 0.25) is 5.78 Å². The third-order valence-corrected chi connectivity index (χ3v) is 4.41. The fraction of sp³-hybridized carbons (Fsp3) is 0.214. The van der Waals surface area contributed by atoms with E-state index >= 15 is 0 Å². The zero-order valence-corrected chi connectivity index (χ0v) is 12.4. The molecule has 0 aliphatic rings. The molecule has 0 saturated heterocycles. The predicted molar refractivity (Wildman–Crippen MR) is 77.0 cm³/mol. The van der Waals surface area contributed by atoms with Crippen LogP contribution in [-0.4, -0.2) is 20.0 Å². The molecule has 0 spiro atoms. The van der Waals surface area contributed by atoms with Crippen molar-refractivity contribution in [2.75, 3.05) is 14.2 Å². The molecular formula is C14H13ClO3S. The molecule has 0 N–H and O–H groups in total. The van der Waals surface area contributed by atoms with Crippen molar-refractivity contribution < 1.29 is 14.3 Å². The molecule has 2 rings (SSSR count). The predicted octanol–water partition coefficient (Wildman–Crippen LogP) is 3.96. The minimum absolute atomic E-state index is 0.125. The van der Waals surface area contributed by atoms with Gasteiger partial charge in [-0.1, -0.05) is 11.6 Å². The number of thiophene rings is 1. The molecule has 0 atom stereocenters. The molecule has 0 unspecified atom stereocenters. The average Bonchev–Trinajstić information content (AvgIpc) is 2.77. The number of ether oxygens (including phenoxy) is 2. The lowest BCUT2D eigenvalue weighted by Gasteiger charge is -2.07. The van der Waals surface area contributed by atoms with Gasteiger partial charge in [-0.05, 0) is 30.0 Å². The molecule has 0 aliphatic carbocycles. The number of ketones is 1. The van der Waals surface area contributed by atoms with Crippen molar-refractivity contribution in [1.29, 1.82) is 0 Å². The third kappa shape index (κ3) is 2.74. The topological polar surface area (TPSA) is 35.5 Å². The summed E-state index contributed by atoms with van der Waals surface area (Å²) in [5.74, 6) is 1.03. The molecular weight excluding hydrogens is 284 g/mol. The van der Waals surface area contributed by atoms with Crippen LogP contribution in [-0.2, 0) is 0 Å². The van der Waals surface area contributed by atoms with Gasteiger partial charge in [-0.3, -0.25) is 4.79 Å². The molecule has 2 aromatic rings. The molecule has 3 nitrogen and oxygen atoms in total. The Morgan fingerprint density at radius 1 is 1.16 bits per heavy atom. The summed E-state index contributed by atoms with van der Waals surface area (Å²) in [4.78, 5) is 13.0. The largest absolute Gasteiger partial charge is 0.497 e. The summed E-state index contributed by atoms with van der Waals surface area (Å²) in [6, 6.07) is 5.07. The van der Waals surface area contributed by atoms with Crippen molar-refractivity contribution in [2.24, 2.45) is 0 Å². The minimum atomic E-state index is -0.125. The Bertz CT molecular complexity index is 597. The van der Waals surface area contributed by atoms with Gasteiger partial charge < -0.3 is 9.47 Å². The van der Waals surface area contributed by atoms with Gasteiger partial charge >= 0.3 is 0 Å². The smallest absolute Gasteiger partial charge is 0.204 e. The Morgan fingerprint density at radius 2 is 1.74 bits per heavy atom. The maximum absolute atomic E-state index is 12.4. The highest BCUT2D eigenvalue weighted by molar-refractivity contribution is 7.13. The van der Waals surface area contributed by atoms with E-state index in [1.54, 1.807) is 32.4 Å². The normalized spacial score (nSPS) is 10.3. The van der Waals surface area contributed by atoms with Crippen LogP contribution in [0.3, 0.4) is 0 Å². The molecule has 100 valence electrons. The quantitative estimate of drug-likeness (QED) is 0.801. The van der Waals surface area contributed by atoms with Gasteiger partial charge in [-0.2, -0.15) is 0 Å². The minimum Gasteiger partial charge on any atom is -0.497 e. The highest BCUT2D eigenvalue weighted by atomic mass is 35.5. The summed E-state index contributed by atoms with van der Waals surface area (Å²) >= 11 is 7.47. The van der Waals surface area contributed by atoms with Crippen LogP contribution in [0.25, 0.3) is 0 Å². The molecule has 0 bridgehead atoms. The maximum Gasteiger partial charge on any atom is 0.204 e. The second kappa shape index (κ2) is 5.63. The van der Waals surface area contributed by atoms with E-state index in [-0.39, 0.29) is 5.78 Å². The molecule has 0 radical (unpaired) electrons. The first-order valence-electron chi connectivity index (χ1n) is 5.58. The molecule has 0 amide bonds. The van der Waals surface area contributed by atoms with Crippen molar-refractivity contribution in [2.45, 2.75) is 6.92 Å². The number of methoxy groups -OCH3 is 2. The van der Waals surface area contributed by atoms with Crippen LogP contribution in [0.1, 0.15) is 20.8 Å². The second-order valence-electron chi connectivity index (χ2n) is 3.99. The number of carbonyl (C=O) groups is 1. The van der Waals surface area contributed by atoms with Gasteiger partial charge in [0.1, 0.15) is 11.5 Å². The van der Waals surface area contributed by atoms with Gasteiger partial charge in [0.25, 0.3) is 0 Å². The van der Waals surface area contributed by atoms with Crippen molar-refractivity contribution >= 4 is 28.7 Å². The Hall–Kier alpha value is -1.52. The van der Waals surface area contributed by atoms with Crippen molar-refractivity contribution in [3.05, 3.63) is 44.6 Å². The van der Waals surface area contributed by atoms with Gasteiger partial charge in [0, 0.05) is 11.6 Å². The van der Waals surface area contributed by atoms with Crippen molar-refractivity contribution in [1.82, 2.24) is 0 Å². The highest BCUT2D eigenvalue weighted by Crippen LogP contribution is 2.31. The van der Waals surface area contributed by atoms with E-state index in [4.69, 9.17) is 21.1 Å². The molecule has 1 aromatic carbocycles. The van der Waals surface area contributed by atoms with E-state index in [0.717, 1.165) is 5.56 Å². The van der Waals surface area contributed by atoms with Crippen molar-refractivity contribution in [3.63, 3.8) is 0 Å². The van der Waals surface area contributed by atoms with E-state index in [1.807, 2.05) is 12.3 Å². The summed E-state index contributed by atoms with van der Waals surface area (Å²) in [6.45, 7) is 1.88. The summed E-state index contributed by atoms with van der Waals surface area (Å²) in [6.07, 6.45) is 0. The van der Waals surface area contributed by atoms with Crippen LogP contribution >= 0.6 is 22.9 Å². The molecule has 0 aliphatic heterocycles. The summed E-state index contributed by atoms with van der Waals surface area (Å²) < 4.78 is 10.3. The zero-order chi connectivity index (χ0) is 14.0. The molecule has 1 aromatic heterocycles. The molecule has 0 fully saturated rings. The Labute approximate surface area is 120 Å². The lowest BCUT2D eigenvalue weighted by molar-refractivity contribution is 0.104. The lowest BCUT2D eigenvalue weighted by Crippen LogP contribution is -2.01. The zero-order valence-electron chi connectivity index (χ0n) is 10.8. The van der Waals surface area contributed by atoms with E-state index in [9.17, 15) is 4.79 Å². The Kier molecular flexibility index (Phi) is 4.12. The van der Waals surface area contributed by atoms with Crippen LogP contribution in [0.15, 0.2) is 23.6 Å². The Balaban J connectivity index is 2.46. The van der Waals surface area contributed by atoms with Gasteiger partial charge in [0.05, 0.1) is 24.1 Å². The van der Waals surface area contributed by atoms with Crippen LogP contribution in [0.2, 0.25) is 5.02 Å². The first-order chi connectivity index (χ1) is 9.06. The highest BCUT2D eigenvalue weighted by Gasteiger charge is 2.18. The number of hydrogen-bond acceptors (Lipinski definition) is 4. The van der Waals surface area contributed by atoms with Crippen LogP contribution < -0.4 is 9.47 Å². The van der Waals surface area contributed by atoms with Crippen LogP contribution in [0.4, 0.5) is 0 Å². The number of carbonyl (C=O) groups excluding carboxylic acids is 1. The maximum atomic E-state index is 12.4. The molecule has 0 saturated carbocycles. The number of rotatable bonds is 4. The second-order valence-corrected chi connectivity index (χ2v) is 5.25. The van der Waals surface area contributed by atoms with E-state index < -0.39 is 0 Å². The van der Waals surface area contributed by atoms with Gasteiger partial charge in [0.15, 0.2) is 0 Å². The lowest BCUT2D eigenvalue weighted by atomic mass is 10.1. The van der Waals surface area contributed by atoms with Gasteiger partial charge in [-0.15, -0.1) is 11.3 Å². The average molecular weight is 297 g/mol. The number of aryl methyl sites for hydroxylation is 1. The SMILES string of the molecule is COc1cc(OC)cc(C(=O)c2scc(C)c2Cl)c1. The first-order valence-corrected chi connectivity index (χ1v) is 6.84. The fourth-order valence-corrected chi connectivity index (χ4v) is 2.89. The number of hydrogen-bond donors (Lipinski definition) is 0. The molecule has 19 heavy (non-hydrogen) atoms.